The lowest BCUT2D eigenvalue weighted by Crippen LogP contribution is -2.38. The summed E-state index contributed by atoms with van der Waals surface area (Å²) < 4.78 is 39.3. The van der Waals surface area contributed by atoms with Crippen LogP contribution >= 0.6 is 0 Å². The van der Waals surface area contributed by atoms with E-state index in [1.165, 1.54) is 0 Å². The Morgan fingerprint density at radius 1 is 1.06 bits per heavy atom. The molecular formula is C25H28N6O4S. The SMILES string of the molecule is CS(=O)(=O)Nc1ccccc1-c1ccc2cnc(Nc3cccc(OCCN4CCOCC4)c3)nn12. The average molecular weight is 509 g/mol. The number of para-hydroxylation sites is 1. The molecule has 36 heavy (non-hydrogen) atoms. The van der Waals surface area contributed by atoms with E-state index in [4.69, 9.17) is 9.47 Å². The Labute approximate surface area is 209 Å². The molecule has 3 heterocycles. The zero-order valence-electron chi connectivity index (χ0n) is 19.9. The third-order valence-electron chi connectivity index (χ3n) is 5.77. The Morgan fingerprint density at radius 2 is 1.89 bits per heavy atom. The number of hydrogen-bond donors (Lipinski definition) is 2. The topological polar surface area (TPSA) is 110 Å². The molecule has 0 radical (unpaired) electrons. The highest BCUT2D eigenvalue weighted by molar-refractivity contribution is 7.92. The number of nitrogens with one attached hydrogen (secondary N) is 2. The van der Waals surface area contributed by atoms with Gasteiger partial charge in [0, 0.05) is 37.0 Å². The highest BCUT2D eigenvalue weighted by Gasteiger charge is 2.14. The molecule has 2 aromatic carbocycles. The number of anilines is 3. The molecule has 0 aliphatic carbocycles. The van der Waals surface area contributed by atoms with Gasteiger partial charge < -0.3 is 14.8 Å². The molecule has 0 unspecified atom stereocenters. The first kappa shape index (κ1) is 24.0. The lowest BCUT2D eigenvalue weighted by Gasteiger charge is -2.26. The van der Waals surface area contributed by atoms with Crippen molar-refractivity contribution < 1.29 is 17.9 Å². The van der Waals surface area contributed by atoms with Crippen LogP contribution < -0.4 is 14.8 Å². The molecule has 2 aromatic heterocycles. The minimum absolute atomic E-state index is 0.402. The number of morpholine rings is 1. The highest BCUT2D eigenvalue weighted by Crippen LogP contribution is 2.30. The van der Waals surface area contributed by atoms with Gasteiger partial charge in [-0.25, -0.2) is 17.9 Å². The predicted octanol–water partition coefficient (Wildman–Crippen LogP) is 3.22. The Kier molecular flexibility index (Phi) is 7.03. The van der Waals surface area contributed by atoms with Crippen LogP contribution in [-0.4, -0.2) is 73.6 Å². The second kappa shape index (κ2) is 10.5. The fourth-order valence-corrected chi connectivity index (χ4v) is 4.65. The zero-order chi connectivity index (χ0) is 25.0. The van der Waals surface area contributed by atoms with Gasteiger partial charge in [0.05, 0.1) is 42.6 Å². The largest absolute Gasteiger partial charge is 0.492 e. The molecule has 4 aromatic rings. The molecular weight excluding hydrogens is 480 g/mol. The van der Waals surface area contributed by atoms with Crippen molar-refractivity contribution in [2.45, 2.75) is 0 Å². The number of aromatic nitrogens is 3. The van der Waals surface area contributed by atoms with Crippen molar-refractivity contribution in [1.29, 1.82) is 0 Å². The van der Waals surface area contributed by atoms with Gasteiger partial charge in [-0.2, -0.15) is 0 Å². The molecule has 1 aliphatic heterocycles. The third-order valence-corrected chi connectivity index (χ3v) is 6.36. The standard InChI is InChI=1S/C25H28N6O4S/c1-36(32,33)29-23-8-3-2-7-22(23)24-10-9-20-18-26-25(28-31(20)24)27-19-5-4-6-21(17-19)35-16-13-30-11-14-34-15-12-30/h2-10,17-18,29H,11-16H2,1H3,(H,27,28). The summed E-state index contributed by atoms with van der Waals surface area (Å²) in [6.07, 6.45) is 2.85. The Morgan fingerprint density at radius 3 is 2.72 bits per heavy atom. The van der Waals surface area contributed by atoms with E-state index in [1.807, 2.05) is 48.5 Å². The number of benzene rings is 2. The van der Waals surface area contributed by atoms with E-state index >= 15 is 0 Å². The van der Waals surface area contributed by atoms with E-state index in [1.54, 1.807) is 22.8 Å². The second-order valence-electron chi connectivity index (χ2n) is 8.51. The van der Waals surface area contributed by atoms with Gasteiger partial charge >= 0.3 is 0 Å². The molecule has 0 saturated carbocycles. The molecule has 5 rings (SSSR count). The monoisotopic (exact) mass is 508 g/mol. The van der Waals surface area contributed by atoms with Crippen molar-refractivity contribution in [2.75, 3.05) is 55.7 Å². The predicted molar refractivity (Wildman–Crippen MR) is 139 cm³/mol. The van der Waals surface area contributed by atoms with Crippen molar-refractivity contribution in [3.8, 4) is 17.0 Å². The normalized spacial score (nSPS) is 14.6. The van der Waals surface area contributed by atoms with Crippen LogP contribution in [0.3, 0.4) is 0 Å². The van der Waals surface area contributed by atoms with E-state index in [9.17, 15) is 8.42 Å². The average Bonchev–Trinajstić information content (AvgIpc) is 3.27. The van der Waals surface area contributed by atoms with Crippen molar-refractivity contribution in [2.24, 2.45) is 0 Å². The molecule has 0 spiro atoms. The second-order valence-corrected chi connectivity index (χ2v) is 10.3. The summed E-state index contributed by atoms with van der Waals surface area (Å²) in [5.41, 5.74) is 3.51. The van der Waals surface area contributed by atoms with Crippen LogP contribution in [0.4, 0.5) is 17.3 Å². The molecule has 2 N–H and O–H groups in total. The maximum atomic E-state index is 11.8. The van der Waals surface area contributed by atoms with Gasteiger partial charge in [0.1, 0.15) is 12.4 Å². The molecule has 1 aliphatic rings. The number of sulfonamides is 1. The smallest absolute Gasteiger partial charge is 0.245 e. The van der Waals surface area contributed by atoms with E-state index in [0.717, 1.165) is 61.8 Å². The van der Waals surface area contributed by atoms with Gasteiger partial charge in [-0.15, -0.1) is 5.10 Å². The summed E-state index contributed by atoms with van der Waals surface area (Å²) in [7, 11) is -3.43. The van der Waals surface area contributed by atoms with Crippen molar-refractivity contribution in [3.63, 3.8) is 0 Å². The lowest BCUT2D eigenvalue weighted by molar-refractivity contribution is 0.0322. The maximum absolute atomic E-state index is 11.8. The Balaban J connectivity index is 1.33. The van der Waals surface area contributed by atoms with Crippen molar-refractivity contribution >= 4 is 32.9 Å². The first-order valence-corrected chi connectivity index (χ1v) is 13.6. The van der Waals surface area contributed by atoms with Gasteiger partial charge in [0.25, 0.3) is 0 Å². The Hall–Kier alpha value is -3.67. The van der Waals surface area contributed by atoms with Crippen LogP contribution in [0.25, 0.3) is 16.8 Å². The molecule has 1 saturated heterocycles. The summed E-state index contributed by atoms with van der Waals surface area (Å²) >= 11 is 0. The van der Waals surface area contributed by atoms with Crippen LogP contribution in [0.15, 0.2) is 66.9 Å². The summed E-state index contributed by atoms with van der Waals surface area (Å²) in [5.74, 6) is 1.16. The minimum atomic E-state index is -3.43. The molecule has 0 bridgehead atoms. The quantitative estimate of drug-likeness (QED) is 0.355. The maximum Gasteiger partial charge on any atom is 0.245 e. The molecule has 10 nitrogen and oxygen atoms in total. The first-order valence-electron chi connectivity index (χ1n) is 11.7. The number of ether oxygens (including phenoxy) is 2. The first-order chi connectivity index (χ1) is 17.4. The van der Waals surface area contributed by atoms with E-state index in [-0.39, 0.29) is 0 Å². The molecule has 0 atom stereocenters. The van der Waals surface area contributed by atoms with E-state index < -0.39 is 10.0 Å². The lowest BCUT2D eigenvalue weighted by atomic mass is 10.1. The highest BCUT2D eigenvalue weighted by atomic mass is 32.2. The molecule has 11 heteroatoms. The van der Waals surface area contributed by atoms with Gasteiger partial charge in [0.15, 0.2) is 0 Å². The number of fused-ring (bicyclic) bond motifs is 1. The van der Waals surface area contributed by atoms with E-state index in [2.05, 4.69) is 25.0 Å². The van der Waals surface area contributed by atoms with Gasteiger partial charge in [-0.1, -0.05) is 24.3 Å². The number of rotatable bonds is 9. The van der Waals surface area contributed by atoms with Crippen molar-refractivity contribution in [3.05, 3.63) is 66.9 Å². The van der Waals surface area contributed by atoms with Crippen LogP contribution in [0, 0.1) is 0 Å². The molecule has 1 fully saturated rings. The minimum Gasteiger partial charge on any atom is -0.492 e. The van der Waals surface area contributed by atoms with Crippen LogP contribution in [0.5, 0.6) is 5.75 Å². The van der Waals surface area contributed by atoms with Crippen LogP contribution in [0.2, 0.25) is 0 Å². The third kappa shape index (κ3) is 5.93. The number of nitrogens with zero attached hydrogens (tertiary/aromatic N) is 4. The van der Waals surface area contributed by atoms with Crippen molar-refractivity contribution in [1.82, 2.24) is 19.5 Å². The summed E-state index contributed by atoms with van der Waals surface area (Å²) in [4.78, 5) is 6.76. The summed E-state index contributed by atoms with van der Waals surface area (Å²) in [6, 6.07) is 18.7. The van der Waals surface area contributed by atoms with Gasteiger partial charge in [0.2, 0.25) is 16.0 Å². The molecule has 0 amide bonds. The van der Waals surface area contributed by atoms with Gasteiger partial charge in [-0.05, 0) is 30.3 Å². The summed E-state index contributed by atoms with van der Waals surface area (Å²) in [6.45, 7) is 4.85. The van der Waals surface area contributed by atoms with Crippen LogP contribution in [0.1, 0.15) is 0 Å². The fraction of sp³-hybridized carbons (Fsp3) is 0.280. The zero-order valence-corrected chi connectivity index (χ0v) is 20.7. The van der Waals surface area contributed by atoms with Gasteiger partial charge in [-0.3, -0.25) is 9.62 Å². The summed E-state index contributed by atoms with van der Waals surface area (Å²) in [5, 5.41) is 7.89. The fourth-order valence-electron chi connectivity index (χ4n) is 4.07. The van der Waals surface area contributed by atoms with E-state index in [0.29, 0.717) is 23.8 Å². The Bertz CT molecular complexity index is 1450. The molecule has 188 valence electrons. The number of hydrogen-bond acceptors (Lipinski definition) is 8. The van der Waals surface area contributed by atoms with Crippen LogP contribution in [-0.2, 0) is 14.8 Å².